The molecule has 0 saturated heterocycles. The first-order valence-electron chi connectivity index (χ1n) is 5.69. The number of nitrogens with zero attached hydrogens (tertiary/aromatic N) is 1. The van der Waals surface area contributed by atoms with Crippen molar-refractivity contribution in [1.29, 1.82) is 0 Å². The average molecular weight is 308 g/mol. The average Bonchev–Trinajstić information content (AvgIpc) is 2.32. The number of nitro benzene ring substituents is 1. The number of unbranched alkanes of at least 4 members (excludes halogenated alkanes) is 2. The molecule has 0 amide bonds. The Labute approximate surface area is 115 Å². The second-order valence-electron chi connectivity index (χ2n) is 3.88. The lowest BCUT2D eigenvalue weighted by Crippen LogP contribution is -2.02. The molecule has 0 aliphatic heterocycles. The summed E-state index contributed by atoms with van der Waals surface area (Å²) in [6, 6.07) is 6.12. The number of hydrogen-bond donors (Lipinski definition) is 0. The van der Waals surface area contributed by atoms with Crippen LogP contribution in [-0.4, -0.2) is 25.7 Å². The fourth-order valence-corrected chi connectivity index (χ4v) is 2.34. The summed E-state index contributed by atoms with van der Waals surface area (Å²) in [6.07, 6.45) is 1.69. The monoisotopic (exact) mass is 307 g/mol. The minimum absolute atomic E-state index is 0.0694. The molecule has 106 valence electrons. The van der Waals surface area contributed by atoms with Crippen LogP contribution in [0.4, 0.5) is 5.69 Å². The highest BCUT2D eigenvalue weighted by atomic mass is 35.7. The van der Waals surface area contributed by atoms with Gasteiger partial charge in [0.2, 0.25) is 9.05 Å². The van der Waals surface area contributed by atoms with Gasteiger partial charge in [0.25, 0.3) is 0 Å². The van der Waals surface area contributed by atoms with E-state index in [1.807, 2.05) is 0 Å². The van der Waals surface area contributed by atoms with Crippen LogP contribution in [0, 0.1) is 10.1 Å². The summed E-state index contributed by atoms with van der Waals surface area (Å²) in [5.74, 6) is 0.150. The molecule has 0 atom stereocenters. The minimum Gasteiger partial charge on any atom is -0.487 e. The predicted octanol–water partition coefficient (Wildman–Crippen LogP) is 2.71. The van der Waals surface area contributed by atoms with Crippen LogP contribution in [0.2, 0.25) is 0 Å². The zero-order chi connectivity index (χ0) is 14.3. The Morgan fingerprint density at radius 1 is 1.21 bits per heavy atom. The fourth-order valence-electron chi connectivity index (χ4n) is 1.47. The molecule has 0 fully saturated rings. The molecule has 0 radical (unpaired) electrons. The first-order chi connectivity index (χ1) is 8.90. The molecule has 0 bridgehead atoms. The molecule has 0 aliphatic carbocycles. The van der Waals surface area contributed by atoms with E-state index in [1.54, 1.807) is 12.1 Å². The third kappa shape index (κ3) is 6.40. The van der Waals surface area contributed by atoms with Crippen molar-refractivity contribution in [2.75, 3.05) is 12.4 Å². The van der Waals surface area contributed by atoms with Gasteiger partial charge in [0.1, 0.15) is 0 Å². The van der Waals surface area contributed by atoms with E-state index >= 15 is 0 Å². The molecule has 1 aromatic carbocycles. The van der Waals surface area contributed by atoms with Crippen molar-refractivity contribution in [1.82, 2.24) is 0 Å². The maximum atomic E-state index is 10.7. The van der Waals surface area contributed by atoms with Gasteiger partial charge in [0.15, 0.2) is 5.75 Å². The summed E-state index contributed by atoms with van der Waals surface area (Å²) in [7, 11) is 1.62. The zero-order valence-corrected chi connectivity index (χ0v) is 11.7. The van der Waals surface area contributed by atoms with E-state index < -0.39 is 14.0 Å². The molecule has 0 spiro atoms. The van der Waals surface area contributed by atoms with Crippen LogP contribution in [0.3, 0.4) is 0 Å². The van der Waals surface area contributed by atoms with Gasteiger partial charge in [-0.05, 0) is 25.3 Å². The molecular weight excluding hydrogens is 294 g/mol. The number of hydrogen-bond acceptors (Lipinski definition) is 5. The number of rotatable bonds is 8. The van der Waals surface area contributed by atoms with Gasteiger partial charge in [0, 0.05) is 16.7 Å². The smallest absolute Gasteiger partial charge is 0.310 e. The molecule has 8 heteroatoms. The number of halogens is 1. The molecule has 19 heavy (non-hydrogen) atoms. The molecule has 6 nitrogen and oxygen atoms in total. The van der Waals surface area contributed by atoms with Crippen molar-refractivity contribution in [3.8, 4) is 5.75 Å². The number of nitro groups is 1. The molecule has 0 aromatic heterocycles. The topological polar surface area (TPSA) is 86.5 Å². The Morgan fingerprint density at radius 3 is 2.53 bits per heavy atom. The van der Waals surface area contributed by atoms with Crippen LogP contribution >= 0.6 is 10.7 Å². The molecule has 1 aromatic rings. The molecular formula is C11H14ClNO5S. The van der Waals surface area contributed by atoms with Gasteiger partial charge in [-0.2, -0.15) is 0 Å². The summed E-state index contributed by atoms with van der Waals surface area (Å²) in [4.78, 5) is 10.2. The lowest BCUT2D eigenvalue weighted by Gasteiger charge is -2.06. The Kier molecular flexibility index (Phi) is 6.04. The summed E-state index contributed by atoms with van der Waals surface area (Å²) in [5.41, 5.74) is -0.0779. The van der Waals surface area contributed by atoms with Gasteiger partial charge < -0.3 is 4.74 Å². The highest BCUT2D eigenvalue weighted by molar-refractivity contribution is 8.13. The standard InChI is InChI=1S/C11H14ClNO5S/c12-19(16,17)9-5-1-4-8-18-11-7-3-2-6-10(11)13(14)15/h2-3,6-7H,1,4-5,8-9H2. The Balaban J connectivity index is 2.32. The van der Waals surface area contributed by atoms with Crippen LogP contribution in [0.15, 0.2) is 24.3 Å². The number of para-hydroxylation sites is 2. The fraction of sp³-hybridized carbons (Fsp3) is 0.455. The Bertz CT molecular complexity index is 532. The highest BCUT2D eigenvalue weighted by Gasteiger charge is 2.13. The van der Waals surface area contributed by atoms with E-state index in [1.165, 1.54) is 12.1 Å². The van der Waals surface area contributed by atoms with Gasteiger partial charge in [0.05, 0.1) is 17.3 Å². The Hall–Kier alpha value is -1.34. The summed E-state index contributed by atoms with van der Waals surface area (Å²) >= 11 is 0. The molecule has 0 aliphatic rings. The van der Waals surface area contributed by atoms with Gasteiger partial charge >= 0.3 is 5.69 Å². The van der Waals surface area contributed by atoms with Crippen molar-refractivity contribution in [2.45, 2.75) is 19.3 Å². The van der Waals surface area contributed by atoms with Crippen LogP contribution in [0.1, 0.15) is 19.3 Å². The van der Waals surface area contributed by atoms with Gasteiger partial charge in [-0.15, -0.1) is 0 Å². The molecule has 0 N–H and O–H groups in total. The first kappa shape index (κ1) is 15.7. The summed E-state index contributed by atoms with van der Waals surface area (Å²) in [6.45, 7) is 0.299. The van der Waals surface area contributed by atoms with E-state index in [0.717, 1.165) is 0 Å². The Morgan fingerprint density at radius 2 is 1.89 bits per heavy atom. The van der Waals surface area contributed by atoms with Crippen LogP contribution in [-0.2, 0) is 9.05 Å². The minimum atomic E-state index is -3.44. The second kappa shape index (κ2) is 7.30. The largest absolute Gasteiger partial charge is 0.487 e. The summed E-state index contributed by atoms with van der Waals surface area (Å²) in [5, 5.41) is 10.7. The predicted molar refractivity (Wildman–Crippen MR) is 72.1 cm³/mol. The zero-order valence-electron chi connectivity index (χ0n) is 10.1. The van der Waals surface area contributed by atoms with Crippen molar-refractivity contribution in [3.05, 3.63) is 34.4 Å². The third-order valence-corrected chi connectivity index (χ3v) is 3.59. The number of benzene rings is 1. The van der Waals surface area contributed by atoms with Crippen molar-refractivity contribution < 1.29 is 18.1 Å². The van der Waals surface area contributed by atoms with E-state index in [2.05, 4.69) is 0 Å². The maximum absolute atomic E-state index is 10.7. The van der Waals surface area contributed by atoms with E-state index in [0.29, 0.717) is 25.9 Å². The second-order valence-corrected chi connectivity index (χ2v) is 6.77. The maximum Gasteiger partial charge on any atom is 0.310 e. The molecule has 1 rings (SSSR count). The van der Waals surface area contributed by atoms with Crippen LogP contribution < -0.4 is 4.74 Å². The lowest BCUT2D eigenvalue weighted by molar-refractivity contribution is -0.385. The lowest BCUT2D eigenvalue weighted by atomic mass is 10.2. The van der Waals surface area contributed by atoms with Gasteiger partial charge in [-0.25, -0.2) is 8.42 Å². The van der Waals surface area contributed by atoms with Crippen LogP contribution in [0.5, 0.6) is 5.75 Å². The number of ether oxygens (including phenoxy) is 1. The van der Waals surface area contributed by atoms with Gasteiger partial charge in [-0.1, -0.05) is 12.1 Å². The first-order valence-corrected chi connectivity index (χ1v) is 8.16. The quantitative estimate of drug-likeness (QED) is 0.319. The van der Waals surface area contributed by atoms with Gasteiger partial charge in [-0.3, -0.25) is 10.1 Å². The highest BCUT2D eigenvalue weighted by Crippen LogP contribution is 2.25. The van der Waals surface area contributed by atoms with Crippen molar-refractivity contribution in [2.24, 2.45) is 0 Å². The normalized spacial score (nSPS) is 11.2. The van der Waals surface area contributed by atoms with E-state index in [-0.39, 0.29) is 17.2 Å². The van der Waals surface area contributed by atoms with Crippen molar-refractivity contribution >= 4 is 25.4 Å². The van der Waals surface area contributed by atoms with Crippen molar-refractivity contribution in [3.63, 3.8) is 0 Å². The third-order valence-electron chi connectivity index (χ3n) is 2.35. The molecule has 0 saturated carbocycles. The van der Waals surface area contributed by atoms with E-state index in [9.17, 15) is 18.5 Å². The molecule has 0 heterocycles. The molecule has 0 unspecified atom stereocenters. The SMILES string of the molecule is O=[N+]([O-])c1ccccc1OCCCCCS(=O)(=O)Cl. The van der Waals surface area contributed by atoms with Crippen LogP contribution in [0.25, 0.3) is 0 Å². The van der Waals surface area contributed by atoms with E-state index in [4.69, 9.17) is 15.4 Å². The summed E-state index contributed by atoms with van der Waals surface area (Å²) < 4.78 is 26.6.